The van der Waals surface area contributed by atoms with E-state index in [1.165, 1.54) is 11.3 Å². The van der Waals surface area contributed by atoms with Crippen molar-refractivity contribution < 1.29 is 0 Å². The summed E-state index contributed by atoms with van der Waals surface area (Å²) in [5.74, 6) is 0. The second-order valence-corrected chi connectivity index (χ2v) is 4.41. The number of rotatable bonds is 5. The highest BCUT2D eigenvalue weighted by atomic mass is 15.1. The lowest BCUT2D eigenvalue weighted by molar-refractivity contribution is 1.02. The van der Waals surface area contributed by atoms with Crippen LogP contribution in [0.1, 0.15) is 19.4 Å². The fourth-order valence-electron chi connectivity index (χ4n) is 2.23. The van der Waals surface area contributed by atoms with E-state index in [-0.39, 0.29) is 0 Å². The average Bonchev–Trinajstić information content (AvgIpc) is 2.49. The van der Waals surface area contributed by atoms with Gasteiger partial charge < -0.3 is 4.90 Å². The minimum atomic E-state index is 0.901. The summed E-state index contributed by atoms with van der Waals surface area (Å²) >= 11 is 0. The molecular formula is C17H20N2. The zero-order valence-corrected chi connectivity index (χ0v) is 11.6. The lowest BCUT2D eigenvalue weighted by Gasteiger charge is -2.24. The van der Waals surface area contributed by atoms with E-state index in [1.54, 1.807) is 0 Å². The first kappa shape index (κ1) is 13.3. The standard InChI is InChI=1S/C17H20N2/c1-4-14-10-12-15(13-11-14)19(5-2)17-9-7-6-8-16(17)18-3/h6-13H,3-5H2,1-2H3. The molecule has 2 nitrogen and oxygen atoms in total. The van der Waals surface area contributed by atoms with Crippen LogP contribution < -0.4 is 4.90 Å². The molecule has 0 aliphatic heterocycles. The zero-order chi connectivity index (χ0) is 13.7. The molecule has 0 aromatic heterocycles. The van der Waals surface area contributed by atoms with Crippen molar-refractivity contribution >= 4 is 23.8 Å². The smallest absolute Gasteiger partial charge is 0.0859 e. The third kappa shape index (κ3) is 2.84. The van der Waals surface area contributed by atoms with E-state index >= 15 is 0 Å². The van der Waals surface area contributed by atoms with Gasteiger partial charge in [0, 0.05) is 12.2 Å². The maximum atomic E-state index is 4.11. The van der Waals surface area contributed by atoms with Crippen LogP contribution in [0.2, 0.25) is 0 Å². The Labute approximate surface area is 115 Å². The molecule has 0 N–H and O–H groups in total. The van der Waals surface area contributed by atoms with Crippen LogP contribution in [0.3, 0.4) is 0 Å². The molecule has 0 amide bonds. The summed E-state index contributed by atoms with van der Waals surface area (Å²) in [7, 11) is 0. The molecule has 2 aromatic carbocycles. The summed E-state index contributed by atoms with van der Waals surface area (Å²) < 4.78 is 0. The molecule has 0 spiro atoms. The van der Waals surface area contributed by atoms with Gasteiger partial charge in [-0.3, -0.25) is 4.99 Å². The van der Waals surface area contributed by atoms with Crippen molar-refractivity contribution in [3.8, 4) is 0 Å². The summed E-state index contributed by atoms with van der Waals surface area (Å²) in [6.45, 7) is 8.87. The van der Waals surface area contributed by atoms with Crippen molar-refractivity contribution in [1.29, 1.82) is 0 Å². The molecule has 0 fully saturated rings. The maximum Gasteiger partial charge on any atom is 0.0859 e. The number of anilines is 2. The van der Waals surface area contributed by atoms with Gasteiger partial charge in [-0.05, 0) is 49.9 Å². The Hall–Kier alpha value is -2.09. The number of benzene rings is 2. The highest BCUT2D eigenvalue weighted by Crippen LogP contribution is 2.33. The number of hydrogen-bond acceptors (Lipinski definition) is 2. The van der Waals surface area contributed by atoms with Gasteiger partial charge in [0.05, 0.1) is 11.4 Å². The minimum absolute atomic E-state index is 0.901. The van der Waals surface area contributed by atoms with Crippen LogP contribution in [0.15, 0.2) is 53.5 Å². The maximum absolute atomic E-state index is 4.11. The first-order valence-electron chi connectivity index (χ1n) is 6.72. The van der Waals surface area contributed by atoms with E-state index < -0.39 is 0 Å². The van der Waals surface area contributed by atoms with Crippen LogP contribution in [-0.4, -0.2) is 13.3 Å². The summed E-state index contributed by atoms with van der Waals surface area (Å²) in [5.41, 5.74) is 4.57. The number of aryl methyl sites for hydroxylation is 1. The van der Waals surface area contributed by atoms with E-state index in [2.05, 4.69) is 60.8 Å². The first-order chi connectivity index (χ1) is 9.30. The first-order valence-corrected chi connectivity index (χ1v) is 6.72. The topological polar surface area (TPSA) is 15.6 Å². The predicted octanol–water partition coefficient (Wildman–Crippen LogP) is 4.74. The highest BCUT2D eigenvalue weighted by Gasteiger charge is 2.10. The largest absolute Gasteiger partial charge is 0.340 e. The molecule has 0 unspecified atom stereocenters. The second kappa shape index (κ2) is 6.19. The highest BCUT2D eigenvalue weighted by molar-refractivity contribution is 5.75. The predicted molar refractivity (Wildman–Crippen MR) is 84.2 cm³/mol. The molecular weight excluding hydrogens is 232 g/mol. The lowest BCUT2D eigenvalue weighted by Crippen LogP contribution is -2.16. The molecule has 2 heteroatoms. The lowest BCUT2D eigenvalue weighted by atomic mass is 10.1. The summed E-state index contributed by atoms with van der Waals surface area (Å²) in [6.07, 6.45) is 1.07. The molecule has 2 aromatic rings. The van der Waals surface area contributed by atoms with Gasteiger partial charge in [-0.1, -0.05) is 31.2 Å². The normalized spacial score (nSPS) is 10.2. The van der Waals surface area contributed by atoms with Gasteiger partial charge in [0.25, 0.3) is 0 Å². The quantitative estimate of drug-likeness (QED) is 0.702. The molecule has 0 radical (unpaired) electrons. The van der Waals surface area contributed by atoms with E-state index in [1.807, 2.05) is 18.2 Å². The minimum Gasteiger partial charge on any atom is -0.340 e. The molecule has 19 heavy (non-hydrogen) atoms. The Morgan fingerprint density at radius 3 is 2.26 bits per heavy atom. The van der Waals surface area contributed by atoms with E-state index in [4.69, 9.17) is 0 Å². The van der Waals surface area contributed by atoms with Crippen LogP contribution >= 0.6 is 0 Å². The molecule has 0 aliphatic rings. The molecule has 98 valence electrons. The van der Waals surface area contributed by atoms with Gasteiger partial charge in [0.15, 0.2) is 0 Å². The summed E-state index contributed by atoms with van der Waals surface area (Å²) in [5, 5.41) is 0. The molecule has 0 saturated carbocycles. The second-order valence-electron chi connectivity index (χ2n) is 4.41. The third-order valence-corrected chi connectivity index (χ3v) is 3.32. The Morgan fingerprint density at radius 2 is 1.68 bits per heavy atom. The zero-order valence-electron chi connectivity index (χ0n) is 11.6. The van der Waals surface area contributed by atoms with Crippen LogP contribution in [0.25, 0.3) is 0 Å². The van der Waals surface area contributed by atoms with E-state index in [0.717, 1.165) is 24.3 Å². The molecule has 2 rings (SSSR count). The monoisotopic (exact) mass is 252 g/mol. The van der Waals surface area contributed by atoms with Crippen molar-refractivity contribution in [3.05, 3.63) is 54.1 Å². The Bertz CT molecular complexity index is 543. The molecule has 0 aliphatic carbocycles. The summed E-state index contributed by atoms with van der Waals surface area (Å²) in [4.78, 5) is 6.36. The van der Waals surface area contributed by atoms with Crippen molar-refractivity contribution in [2.45, 2.75) is 20.3 Å². The number of hydrogen-bond donors (Lipinski definition) is 0. The molecule has 0 saturated heterocycles. The number of para-hydroxylation sites is 2. The molecule has 0 heterocycles. The van der Waals surface area contributed by atoms with Gasteiger partial charge in [-0.2, -0.15) is 0 Å². The van der Waals surface area contributed by atoms with Gasteiger partial charge in [0.1, 0.15) is 0 Å². The fourth-order valence-corrected chi connectivity index (χ4v) is 2.23. The number of nitrogens with zero attached hydrogens (tertiary/aromatic N) is 2. The van der Waals surface area contributed by atoms with E-state index in [9.17, 15) is 0 Å². The SMILES string of the molecule is C=Nc1ccccc1N(CC)c1ccc(CC)cc1. The molecule has 0 bridgehead atoms. The van der Waals surface area contributed by atoms with Gasteiger partial charge in [-0.15, -0.1) is 0 Å². The Kier molecular flexibility index (Phi) is 4.35. The van der Waals surface area contributed by atoms with Crippen molar-refractivity contribution in [3.63, 3.8) is 0 Å². The van der Waals surface area contributed by atoms with Crippen LogP contribution in [-0.2, 0) is 6.42 Å². The van der Waals surface area contributed by atoms with Crippen molar-refractivity contribution in [2.75, 3.05) is 11.4 Å². The Morgan fingerprint density at radius 1 is 1.00 bits per heavy atom. The average molecular weight is 252 g/mol. The van der Waals surface area contributed by atoms with Crippen molar-refractivity contribution in [1.82, 2.24) is 0 Å². The van der Waals surface area contributed by atoms with Crippen LogP contribution in [0.5, 0.6) is 0 Å². The van der Waals surface area contributed by atoms with Gasteiger partial charge in [0.2, 0.25) is 0 Å². The summed E-state index contributed by atoms with van der Waals surface area (Å²) in [6, 6.07) is 16.8. The van der Waals surface area contributed by atoms with Gasteiger partial charge >= 0.3 is 0 Å². The molecule has 0 atom stereocenters. The fraction of sp³-hybridized carbons (Fsp3) is 0.235. The number of aliphatic imine (C=N–C) groups is 1. The van der Waals surface area contributed by atoms with Crippen molar-refractivity contribution in [2.24, 2.45) is 4.99 Å². The van der Waals surface area contributed by atoms with Crippen LogP contribution in [0.4, 0.5) is 17.1 Å². The Balaban J connectivity index is 2.40. The van der Waals surface area contributed by atoms with Crippen LogP contribution in [0, 0.1) is 0 Å². The van der Waals surface area contributed by atoms with E-state index in [0.29, 0.717) is 0 Å². The third-order valence-electron chi connectivity index (χ3n) is 3.32. The van der Waals surface area contributed by atoms with Gasteiger partial charge in [-0.25, -0.2) is 0 Å².